The molecule has 14 heavy (non-hydrogen) atoms. The van der Waals surface area contributed by atoms with Gasteiger partial charge in [0, 0.05) is 12.1 Å². The van der Waals surface area contributed by atoms with E-state index >= 15 is 0 Å². The highest BCUT2D eigenvalue weighted by atomic mass is 16.4. The van der Waals surface area contributed by atoms with Crippen LogP contribution in [0.5, 0.6) is 0 Å². The van der Waals surface area contributed by atoms with E-state index in [1.807, 2.05) is 0 Å². The van der Waals surface area contributed by atoms with Crippen LogP contribution in [-0.4, -0.2) is 25.0 Å². The summed E-state index contributed by atoms with van der Waals surface area (Å²) in [5.41, 5.74) is 0.735. The van der Waals surface area contributed by atoms with Gasteiger partial charge < -0.3 is 9.73 Å². The lowest BCUT2D eigenvalue weighted by Crippen LogP contribution is -2.32. The quantitative estimate of drug-likeness (QED) is 0.680. The zero-order chi connectivity index (χ0) is 10.1. The number of carbonyl (C=O) groups excluding carboxylic acids is 3. The van der Waals surface area contributed by atoms with Gasteiger partial charge in [-0.05, 0) is 6.42 Å². The number of hydrogen-bond acceptors (Lipinski definition) is 4. The van der Waals surface area contributed by atoms with Crippen molar-refractivity contribution in [3.63, 3.8) is 0 Å². The summed E-state index contributed by atoms with van der Waals surface area (Å²) in [6.45, 7) is 0.463. The number of aldehydes is 2. The average Bonchev–Trinajstić information content (AvgIpc) is 2.57. The summed E-state index contributed by atoms with van der Waals surface area (Å²) in [6.07, 6.45) is 1.48. The van der Waals surface area contributed by atoms with Crippen LogP contribution in [0.2, 0.25) is 0 Å². The van der Waals surface area contributed by atoms with E-state index in [9.17, 15) is 14.4 Å². The standard InChI is InChI=1S/C9H7NO4/c11-3-6-5-1-2-10-9(13)8(5)7(4-12)14-6/h3-4H,1-2H2,(H,10,13). The van der Waals surface area contributed by atoms with E-state index < -0.39 is 0 Å². The molecule has 1 aromatic heterocycles. The summed E-state index contributed by atoms with van der Waals surface area (Å²) >= 11 is 0. The molecule has 1 aromatic rings. The molecule has 0 bridgehead atoms. The molecule has 2 heterocycles. The lowest BCUT2D eigenvalue weighted by molar-refractivity contribution is 0.0938. The number of rotatable bonds is 2. The molecule has 2 rings (SSSR count). The molecule has 0 radical (unpaired) electrons. The Morgan fingerprint density at radius 2 is 1.93 bits per heavy atom. The minimum absolute atomic E-state index is 0.0701. The van der Waals surface area contributed by atoms with Crippen molar-refractivity contribution < 1.29 is 18.8 Å². The fraction of sp³-hybridized carbons (Fsp3) is 0.222. The van der Waals surface area contributed by atoms with Gasteiger partial charge in [-0.3, -0.25) is 14.4 Å². The van der Waals surface area contributed by atoms with Gasteiger partial charge >= 0.3 is 0 Å². The molecule has 0 saturated carbocycles. The van der Waals surface area contributed by atoms with Crippen molar-refractivity contribution in [1.82, 2.24) is 5.32 Å². The molecule has 0 aromatic carbocycles. The molecule has 72 valence electrons. The molecule has 1 aliphatic heterocycles. The van der Waals surface area contributed by atoms with Gasteiger partial charge in [0.05, 0.1) is 5.56 Å². The summed E-state index contributed by atoms with van der Waals surface area (Å²) in [4.78, 5) is 32.5. The van der Waals surface area contributed by atoms with Crippen LogP contribution in [-0.2, 0) is 6.42 Å². The molecule has 0 spiro atoms. The topological polar surface area (TPSA) is 76.4 Å². The van der Waals surface area contributed by atoms with Crippen molar-refractivity contribution >= 4 is 18.5 Å². The molecular weight excluding hydrogens is 186 g/mol. The number of fused-ring (bicyclic) bond motifs is 1. The summed E-state index contributed by atoms with van der Waals surface area (Å²) in [6, 6.07) is 0. The summed E-state index contributed by atoms with van der Waals surface area (Å²) < 4.78 is 4.94. The van der Waals surface area contributed by atoms with E-state index in [4.69, 9.17) is 4.42 Å². The van der Waals surface area contributed by atoms with E-state index in [0.29, 0.717) is 31.1 Å². The molecule has 0 unspecified atom stereocenters. The van der Waals surface area contributed by atoms with E-state index in [-0.39, 0.29) is 23.0 Å². The number of nitrogens with one attached hydrogen (secondary N) is 1. The maximum absolute atomic E-state index is 11.3. The highest BCUT2D eigenvalue weighted by molar-refractivity contribution is 6.04. The lowest BCUT2D eigenvalue weighted by Gasteiger charge is -2.11. The Morgan fingerprint density at radius 3 is 2.57 bits per heavy atom. The van der Waals surface area contributed by atoms with Gasteiger partial charge in [0.2, 0.25) is 0 Å². The van der Waals surface area contributed by atoms with Crippen LogP contribution in [0, 0.1) is 0 Å². The second kappa shape index (κ2) is 3.10. The SMILES string of the molecule is O=Cc1oc(C=O)c2c1CCNC2=O. The predicted molar refractivity (Wildman–Crippen MR) is 45.5 cm³/mol. The second-order valence-electron chi connectivity index (χ2n) is 2.93. The Bertz CT molecular complexity index is 419. The molecule has 1 amide bonds. The number of amides is 1. The van der Waals surface area contributed by atoms with Crippen LogP contribution in [0.4, 0.5) is 0 Å². The number of carbonyl (C=O) groups is 3. The Kier molecular flexibility index (Phi) is 1.92. The van der Waals surface area contributed by atoms with Gasteiger partial charge in [-0.1, -0.05) is 0 Å². The molecule has 1 N–H and O–H groups in total. The van der Waals surface area contributed by atoms with Gasteiger partial charge in [0.1, 0.15) is 0 Å². The van der Waals surface area contributed by atoms with Gasteiger partial charge in [-0.25, -0.2) is 0 Å². The van der Waals surface area contributed by atoms with Crippen LogP contribution in [0.15, 0.2) is 4.42 Å². The Labute approximate surface area is 79.1 Å². The van der Waals surface area contributed by atoms with Gasteiger partial charge in [0.15, 0.2) is 24.1 Å². The average molecular weight is 193 g/mol. The fourth-order valence-electron chi connectivity index (χ4n) is 1.57. The van der Waals surface area contributed by atoms with Crippen molar-refractivity contribution in [3.8, 4) is 0 Å². The van der Waals surface area contributed by atoms with Crippen molar-refractivity contribution in [2.24, 2.45) is 0 Å². The Hall–Kier alpha value is -1.91. The minimum atomic E-state index is -0.356. The monoisotopic (exact) mass is 193 g/mol. The van der Waals surface area contributed by atoms with Gasteiger partial charge in [-0.2, -0.15) is 0 Å². The first-order valence-electron chi connectivity index (χ1n) is 4.12. The molecule has 1 aliphatic rings. The van der Waals surface area contributed by atoms with E-state index in [1.165, 1.54) is 0 Å². The molecular formula is C9H7NO4. The zero-order valence-corrected chi connectivity index (χ0v) is 7.20. The number of hydrogen-bond donors (Lipinski definition) is 1. The zero-order valence-electron chi connectivity index (χ0n) is 7.20. The van der Waals surface area contributed by atoms with E-state index in [0.717, 1.165) is 0 Å². The largest absolute Gasteiger partial charge is 0.449 e. The third-order valence-corrected chi connectivity index (χ3v) is 2.17. The first kappa shape index (κ1) is 8.68. The maximum atomic E-state index is 11.3. The molecule has 0 atom stereocenters. The predicted octanol–water partition coefficient (Wildman–Crippen LogP) is 0.191. The van der Waals surface area contributed by atoms with Crippen LogP contribution in [0.3, 0.4) is 0 Å². The summed E-state index contributed by atoms with van der Waals surface area (Å²) in [5, 5.41) is 2.58. The molecule has 0 fully saturated rings. The van der Waals surface area contributed by atoms with E-state index in [2.05, 4.69) is 5.32 Å². The van der Waals surface area contributed by atoms with Crippen molar-refractivity contribution in [2.75, 3.05) is 6.54 Å². The van der Waals surface area contributed by atoms with Crippen LogP contribution < -0.4 is 5.32 Å². The normalized spacial score (nSPS) is 14.4. The minimum Gasteiger partial charge on any atom is -0.449 e. The highest BCUT2D eigenvalue weighted by Gasteiger charge is 2.27. The third-order valence-electron chi connectivity index (χ3n) is 2.17. The first-order chi connectivity index (χ1) is 6.77. The van der Waals surface area contributed by atoms with E-state index in [1.54, 1.807) is 0 Å². The van der Waals surface area contributed by atoms with Gasteiger partial charge in [0.25, 0.3) is 5.91 Å². The molecule has 0 saturated heterocycles. The summed E-state index contributed by atoms with van der Waals surface area (Å²) in [5.74, 6) is -0.346. The molecule has 0 aliphatic carbocycles. The van der Waals surface area contributed by atoms with Crippen molar-refractivity contribution in [3.05, 3.63) is 22.6 Å². The third kappa shape index (κ3) is 1.06. The smallest absolute Gasteiger partial charge is 0.255 e. The molecule has 5 heteroatoms. The molecule has 5 nitrogen and oxygen atoms in total. The van der Waals surface area contributed by atoms with Crippen LogP contribution in [0.1, 0.15) is 37.0 Å². The second-order valence-corrected chi connectivity index (χ2v) is 2.93. The lowest BCUT2D eigenvalue weighted by atomic mass is 10.0. The fourth-order valence-corrected chi connectivity index (χ4v) is 1.57. The summed E-state index contributed by atoms with van der Waals surface area (Å²) in [7, 11) is 0. The highest BCUT2D eigenvalue weighted by Crippen LogP contribution is 2.23. The van der Waals surface area contributed by atoms with Gasteiger partial charge in [-0.15, -0.1) is 0 Å². The maximum Gasteiger partial charge on any atom is 0.255 e. The van der Waals surface area contributed by atoms with Crippen molar-refractivity contribution in [1.29, 1.82) is 0 Å². The van der Waals surface area contributed by atoms with Crippen LogP contribution in [0.25, 0.3) is 0 Å². The number of furan rings is 1. The van der Waals surface area contributed by atoms with Crippen LogP contribution >= 0.6 is 0 Å². The Morgan fingerprint density at radius 1 is 1.21 bits per heavy atom. The first-order valence-corrected chi connectivity index (χ1v) is 4.12. The Balaban J connectivity index is 2.67. The van der Waals surface area contributed by atoms with Crippen molar-refractivity contribution in [2.45, 2.75) is 6.42 Å².